The van der Waals surface area contributed by atoms with E-state index in [9.17, 15) is 4.79 Å². The molecule has 1 aromatic heterocycles. The van der Waals surface area contributed by atoms with Gasteiger partial charge >= 0.3 is 0 Å². The molecule has 5 N–H and O–H groups in total. The number of hydrogen-bond acceptors (Lipinski definition) is 6. The molecule has 0 aromatic carbocycles. The number of hydrogen-bond donors (Lipinski definition) is 5. The maximum absolute atomic E-state index is 11.3. The van der Waals surface area contributed by atoms with E-state index in [0.29, 0.717) is 12.2 Å². The molecule has 0 radical (unpaired) electrons. The molecular weight excluding hydrogens is 226 g/mol. The van der Waals surface area contributed by atoms with Crippen molar-refractivity contribution in [1.82, 2.24) is 9.97 Å². The molecule has 1 heterocycles. The van der Waals surface area contributed by atoms with Crippen molar-refractivity contribution in [2.45, 2.75) is 18.9 Å². The van der Waals surface area contributed by atoms with Crippen LogP contribution < -0.4 is 10.9 Å². The van der Waals surface area contributed by atoms with E-state index in [1.807, 2.05) is 6.92 Å². The zero-order chi connectivity index (χ0) is 12.9. The Hall–Kier alpha value is -1.44. The van der Waals surface area contributed by atoms with Gasteiger partial charge in [0, 0.05) is 12.5 Å². The first kappa shape index (κ1) is 13.6. The van der Waals surface area contributed by atoms with Gasteiger partial charge in [0.25, 0.3) is 5.56 Å². The van der Waals surface area contributed by atoms with Crippen LogP contribution >= 0.6 is 0 Å². The van der Waals surface area contributed by atoms with E-state index >= 15 is 0 Å². The fraction of sp³-hybridized carbons (Fsp3) is 0.600. The van der Waals surface area contributed by atoms with E-state index in [4.69, 9.17) is 15.3 Å². The Labute approximate surface area is 98.2 Å². The average Bonchev–Trinajstić information content (AvgIpc) is 2.35. The van der Waals surface area contributed by atoms with Crippen molar-refractivity contribution < 1.29 is 15.3 Å². The zero-order valence-electron chi connectivity index (χ0n) is 9.60. The van der Waals surface area contributed by atoms with Gasteiger partial charge in [-0.05, 0) is 0 Å². The maximum Gasteiger partial charge on any atom is 0.252 e. The lowest BCUT2D eigenvalue weighted by Crippen LogP contribution is -2.49. The molecule has 0 aliphatic heterocycles. The molecule has 0 amide bonds. The van der Waals surface area contributed by atoms with Crippen LogP contribution in [-0.2, 0) is 6.42 Å². The van der Waals surface area contributed by atoms with Crippen LogP contribution in [0.1, 0.15) is 12.7 Å². The van der Waals surface area contributed by atoms with Crippen LogP contribution in [0.25, 0.3) is 0 Å². The normalized spacial score (nSPS) is 11.5. The molecule has 7 nitrogen and oxygen atoms in total. The number of aliphatic hydroxyl groups is 3. The van der Waals surface area contributed by atoms with E-state index in [2.05, 4.69) is 15.3 Å². The summed E-state index contributed by atoms with van der Waals surface area (Å²) in [6.07, 6.45) is 0.551. The van der Waals surface area contributed by atoms with Gasteiger partial charge < -0.3 is 25.6 Å². The van der Waals surface area contributed by atoms with Gasteiger partial charge in [0.1, 0.15) is 17.2 Å². The highest BCUT2D eigenvalue weighted by Gasteiger charge is 2.28. The molecule has 0 saturated heterocycles. The summed E-state index contributed by atoms with van der Waals surface area (Å²) in [6.45, 7) is 0.404. The number of aliphatic hydroxyl groups excluding tert-OH is 3. The van der Waals surface area contributed by atoms with E-state index in [1.54, 1.807) is 0 Å². The molecule has 0 aliphatic rings. The van der Waals surface area contributed by atoms with E-state index in [1.165, 1.54) is 6.07 Å². The molecule has 0 unspecified atom stereocenters. The van der Waals surface area contributed by atoms with Crippen LogP contribution in [0.3, 0.4) is 0 Å². The number of nitrogens with one attached hydrogen (secondary N) is 2. The lowest BCUT2D eigenvalue weighted by Gasteiger charge is -2.29. The Bertz CT molecular complexity index is 406. The minimum absolute atomic E-state index is 0.211. The van der Waals surface area contributed by atoms with Crippen LogP contribution in [0.15, 0.2) is 10.9 Å². The monoisotopic (exact) mass is 243 g/mol. The van der Waals surface area contributed by atoms with Crippen molar-refractivity contribution in [2.75, 3.05) is 25.1 Å². The highest BCUT2D eigenvalue weighted by atomic mass is 16.3. The minimum Gasteiger partial charge on any atom is -0.394 e. The molecule has 0 aliphatic carbocycles. The van der Waals surface area contributed by atoms with Gasteiger partial charge in [0.2, 0.25) is 0 Å². The minimum atomic E-state index is -1.29. The van der Waals surface area contributed by atoms with Gasteiger partial charge in [0.15, 0.2) is 0 Å². The van der Waals surface area contributed by atoms with Gasteiger partial charge in [-0.2, -0.15) is 0 Å². The van der Waals surface area contributed by atoms with Gasteiger partial charge in [-0.3, -0.25) is 4.79 Å². The quantitative estimate of drug-likeness (QED) is 0.413. The summed E-state index contributed by atoms with van der Waals surface area (Å²) in [7, 11) is 0. The van der Waals surface area contributed by atoms with Crippen molar-refractivity contribution >= 4 is 5.82 Å². The number of nitrogens with zero attached hydrogens (tertiary/aromatic N) is 1. The molecule has 96 valence electrons. The Morgan fingerprint density at radius 3 is 2.41 bits per heavy atom. The standard InChI is InChI=1S/C10H17N3O4/c1-2-7-11-8(3-9(17)12-7)13-10(4-14,5-15)6-16/h3,14-16H,2,4-6H2,1H3,(H2,11,12,13,17). The number of anilines is 1. The van der Waals surface area contributed by atoms with E-state index in [0.717, 1.165) is 0 Å². The summed E-state index contributed by atoms with van der Waals surface area (Å²) in [4.78, 5) is 17.9. The van der Waals surface area contributed by atoms with Crippen molar-refractivity contribution in [1.29, 1.82) is 0 Å². The molecule has 0 saturated carbocycles. The fourth-order valence-electron chi connectivity index (χ4n) is 1.28. The number of rotatable bonds is 6. The summed E-state index contributed by atoms with van der Waals surface area (Å²) in [5.74, 6) is 0.700. The second kappa shape index (κ2) is 5.76. The van der Waals surface area contributed by atoms with E-state index in [-0.39, 0.29) is 11.4 Å². The topological polar surface area (TPSA) is 118 Å². The van der Waals surface area contributed by atoms with Gasteiger partial charge in [0.05, 0.1) is 19.8 Å². The smallest absolute Gasteiger partial charge is 0.252 e. The summed E-state index contributed by atoms with van der Waals surface area (Å²) in [5.41, 5.74) is -1.62. The molecule has 7 heteroatoms. The lowest BCUT2D eigenvalue weighted by atomic mass is 10.0. The molecule has 17 heavy (non-hydrogen) atoms. The van der Waals surface area contributed by atoms with E-state index < -0.39 is 25.4 Å². The molecule has 1 aromatic rings. The van der Waals surface area contributed by atoms with Crippen molar-refractivity contribution in [3.05, 3.63) is 22.2 Å². The molecule has 0 atom stereocenters. The van der Waals surface area contributed by atoms with Crippen molar-refractivity contribution in [2.24, 2.45) is 0 Å². The lowest BCUT2D eigenvalue weighted by molar-refractivity contribution is 0.0830. The molecule has 0 bridgehead atoms. The van der Waals surface area contributed by atoms with Crippen LogP contribution in [0.5, 0.6) is 0 Å². The third kappa shape index (κ3) is 3.26. The molecule has 0 spiro atoms. The average molecular weight is 243 g/mol. The SMILES string of the molecule is CCc1nc(NC(CO)(CO)CO)cc(=O)[nH]1. The fourth-order valence-corrected chi connectivity index (χ4v) is 1.28. The summed E-state index contributed by atoms with van der Waals surface area (Å²) >= 11 is 0. The Morgan fingerprint density at radius 1 is 1.35 bits per heavy atom. The van der Waals surface area contributed by atoms with Crippen LogP contribution in [0.4, 0.5) is 5.82 Å². The second-order valence-corrected chi connectivity index (χ2v) is 3.81. The zero-order valence-corrected chi connectivity index (χ0v) is 9.60. The second-order valence-electron chi connectivity index (χ2n) is 3.81. The highest BCUT2D eigenvalue weighted by Crippen LogP contribution is 2.11. The third-order valence-electron chi connectivity index (χ3n) is 2.43. The van der Waals surface area contributed by atoms with Crippen molar-refractivity contribution in [3.63, 3.8) is 0 Å². The maximum atomic E-state index is 11.3. The largest absolute Gasteiger partial charge is 0.394 e. The van der Waals surface area contributed by atoms with Crippen LogP contribution in [0.2, 0.25) is 0 Å². The molecular formula is C10H17N3O4. The first-order valence-corrected chi connectivity index (χ1v) is 5.30. The highest BCUT2D eigenvalue weighted by molar-refractivity contribution is 5.37. The van der Waals surface area contributed by atoms with Crippen LogP contribution in [-0.4, -0.2) is 50.6 Å². The summed E-state index contributed by atoms with van der Waals surface area (Å²) in [6, 6.07) is 1.20. The predicted molar refractivity (Wildman–Crippen MR) is 61.8 cm³/mol. The Balaban J connectivity index is 3.01. The number of aryl methyl sites for hydroxylation is 1. The van der Waals surface area contributed by atoms with Gasteiger partial charge in [-0.1, -0.05) is 6.92 Å². The number of aromatic amines is 1. The van der Waals surface area contributed by atoms with Gasteiger partial charge in [-0.15, -0.1) is 0 Å². The third-order valence-corrected chi connectivity index (χ3v) is 2.43. The number of aromatic nitrogens is 2. The predicted octanol–water partition coefficient (Wildman–Crippen LogP) is -1.54. The van der Waals surface area contributed by atoms with Crippen LogP contribution in [0, 0.1) is 0 Å². The molecule has 0 fully saturated rings. The Kier molecular flexibility index (Phi) is 4.62. The molecule has 1 rings (SSSR count). The van der Waals surface area contributed by atoms with Crippen molar-refractivity contribution in [3.8, 4) is 0 Å². The summed E-state index contributed by atoms with van der Waals surface area (Å²) < 4.78 is 0. The summed E-state index contributed by atoms with van der Waals surface area (Å²) in [5, 5.41) is 30.1. The Morgan fingerprint density at radius 2 is 1.94 bits per heavy atom. The van der Waals surface area contributed by atoms with Gasteiger partial charge in [-0.25, -0.2) is 4.98 Å². The first-order chi connectivity index (χ1) is 8.09. The first-order valence-electron chi connectivity index (χ1n) is 5.30. The number of H-pyrrole nitrogens is 1.